The molecule has 0 aliphatic heterocycles. The number of rotatable bonds is 11. The Labute approximate surface area is 355 Å². The summed E-state index contributed by atoms with van der Waals surface area (Å²) in [5.41, 5.74) is 6.88. The van der Waals surface area contributed by atoms with Gasteiger partial charge in [-0.05, 0) is 108 Å². The third-order valence-corrected chi connectivity index (χ3v) is 14.0. The van der Waals surface area contributed by atoms with Crippen LogP contribution in [-0.2, 0) is 32.8 Å². The van der Waals surface area contributed by atoms with E-state index < -0.39 is 19.7 Å². The van der Waals surface area contributed by atoms with E-state index >= 15 is 0 Å². The van der Waals surface area contributed by atoms with Crippen molar-refractivity contribution in [1.82, 2.24) is 30.8 Å². The minimum Gasteiger partial charge on any atom is -0.348 e. The van der Waals surface area contributed by atoms with Crippen LogP contribution in [0.2, 0.25) is 5.02 Å². The Bertz CT molecular complexity index is 3060. The number of hydrogen-bond acceptors (Lipinski definition) is 10. The maximum atomic E-state index is 13.0. The zero-order chi connectivity index (χ0) is 42.4. The van der Waals surface area contributed by atoms with Gasteiger partial charge >= 0.3 is 0 Å². The first-order valence-electron chi connectivity index (χ1n) is 18.5. The van der Waals surface area contributed by atoms with Crippen molar-refractivity contribution in [2.24, 2.45) is 0 Å². The van der Waals surface area contributed by atoms with Crippen molar-refractivity contribution in [2.45, 2.75) is 52.4 Å². The molecule has 3 heterocycles. The van der Waals surface area contributed by atoms with Gasteiger partial charge in [-0.2, -0.15) is 5.10 Å². The van der Waals surface area contributed by atoms with Crippen LogP contribution in [0.15, 0.2) is 159 Å². The summed E-state index contributed by atoms with van der Waals surface area (Å²) in [6, 6.07) is 33.0. The number of H-pyrrole nitrogens is 1. The summed E-state index contributed by atoms with van der Waals surface area (Å²) in [6.45, 7) is 4.69. The van der Waals surface area contributed by atoms with Crippen molar-refractivity contribution in [3.8, 4) is 0 Å². The highest BCUT2D eigenvalue weighted by molar-refractivity contribution is 7.91. The van der Waals surface area contributed by atoms with Crippen LogP contribution in [0, 0.1) is 0 Å². The highest BCUT2D eigenvalue weighted by Crippen LogP contribution is 2.26. The van der Waals surface area contributed by atoms with Gasteiger partial charge in [-0.15, -0.1) is 11.3 Å². The largest absolute Gasteiger partial charge is 0.348 e. The molecule has 0 aliphatic rings. The molecule has 0 bridgehead atoms. The van der Waals surface area contributed by atoms with Crippen LogP contribution in [0.1, 0.15) is 57.2 Å². The molecule has 3 N–H and O–H groups in total. The van der Waals surface area contributed by atoms with Gasteiger partial charge in [-0.25, -0.2) is 26.8 Å². The summed E-state index contributed by atoms with van der Waals surface area (Å²) in [7, 11) is -7.30. The van der Waals surface area contributed by atoms with Crippen LogP contribution in [-0.4, -0.2) is 48.8 Å². The highest BCUT2D eigenvalue weighted by atomic mass is 35.5. The molecule has 12 nitrogen and oxygen atoms in total. The van der Waals surface area contributed by atoms with E-state index in [1.165, 1.54) is 42.6 Å². The van der Waals surface area contributed by atoms with Gasteiger partial charge in [0, 0.05) is 35.3 Å². The highest BCUT2D eigenvalue weighted by Gasteiger charge is 2.20. The molecule has 2 amide bonds. The van der Waals surface area contributed by atoms with Crippen molar-refractivity contribution >= 4 is 75.7 Å². The average Bonchev–Trinajstić information content (AvgIpc) is 3.95. The molecule has 304 valence electrons. The molecule has 0 saturated heterocycles. The quantitative estimate of drug-likeness (QED) is 0.115. The van der Waals surface area contributed by atoms with E-state index in [9.17, 15) is 26.4 Å². The lowest BCUT2D eigenvalue weighted by Crippen LogP contribution is -2.22. The van der Waals surface area contributed by atoms with Gasteiger partial charge in [0.1, 0.15) is 0 Å². The Balaban J connectivity index is 0.000000182. The molecule has 0 aliphatic carbocycles. The number of hydrogen-bond donors (Lipinski definition) is 3. The minimum atomic E-state index is -3.70. The first kappa shape index (κ1) is 41.9. The van der Waals surface area contributed by atoms with Crippen LogP contribution in [0.5, 0.6) is 0 Å². The number of halogens is 1. The molecule has 0 atom stereocenters. The third kappa shape index (κ3) is 9.61. The van der Waals surface area contributed by atoms with E-state index in [0.717, 1.165) is 32.3 Å². The topological polar surface area (TPSA) is 181 Å². The normalized spacial score (nSPS) is 11.6. The number of aromatic nitrogens is 4. The van der Waals surface area contributed by atoms with Crippen LogP contribution >= 0.6 is 22.9 Å². The molecule has 5 aromatic carbocycles. The van der Waals surface area contributed by atoms with Gasteiger partial charge in [0.15, 0.2) is 5.65 Å². The Morgan fingerprint density at radius 3 is 1.97 bits per heavy atom. The van der Waals surface area contributed by atoms with Crippen LogP contribution in [0.3, 0.4) is 0 Å². The molecule has 0 saturated carbocycles. The second-order valence-corrected chi connectivity index (χ2v) is 19.1. The fourth-order valence-corrected chi connectivity index (χ4v) is 9.68. The summed E-state index contributed by atoms with van der Waals surface area (Å²) in [5, 5.41) is 13.4. The number of amides is 2. The first-order chi connectivity index (χ1) is 28.8. The molecular formula is C44H37ClN6O6S3. The van der Waals surface area contributed by atoms with Gasteiger partial charge in [0.25, 0.3) is 11.8 Å². The number of pyridine rings is 1. The zero-order valence-corrected chi connectivity index (χ0v) is 35.4. The van der Waals surface area contributed by atoms with Crippen molar-refractivity contribution < 1.29 is 26.4 Å². The van der Waals surface area contributed by atoms with E-state index in [2.05, 4.69) is 30.8 Å². The summed E-state index contributed by atoms with van der Waals surface area (Å²) < 4.78 is 52.4. The number of thiazole rings is 1. The van der Waals surface area contributed by atoms with Crippen LogP contribution in [0.25, 0.3) is 21.3 Å². The molecule has 0 radical (unpaired) electrons. The number of fused-ring (bicyclic) bond motifs is 2. The van der Waals surface area contributed by atoms with E-state index in [1.54, 1.807) is 83.7 Å². The van der Waals surface area contributed by atoms with Gasteiger partial charge in [0.05, 0.1) is 47.1 Å². The second-order valence-electron chi connectivity index (χ2n) is 13.9. The van der Waals surface area contributed by atoms with E-state index in [1.807, 2.05) is 38.1 Å². The maximum Gasteiger partial charge on any atom is 0.253 e. The van der Waals surface area contributed by atoms with E-state index in [0.29, 0.717) is 28.3 Å². The fraction of sp³-hybridized carbons (Fsp3) is 0.114. The second kappa shape index (κ2) is 17.9. The van der Waals surface area contributed by atoms with Gasteiger partial charge in [0.2, 0.25) is 19.7 Å². The van der Waals surface area contributed by atoms with Gasteiger partial charge < -0.3 is 10.6 Å². The Hall–Kier alpha value is -6.26. The van der Waals surface area contributed by atoms with Crippen LogP contribution < -0.4 is 10.6 Å². The number of benzene rings is 5. The van der Waals surface area contributed by atoms with E-state index in [4.69, 9.17) is 11.6 Å². The number of carbonyl (C=O) groups excluding carboxylic acids is 2. The summed E-state index contributed by atoms with van der Waals surface area (Å²) in [4.78, 5) is 33.9. The van der Waals surface area contributed by atoms with Crippen LogP contribution in [0.4, 0.5) is 0 Å². The maximum absolute atomic E-state index is 13.0. The lowest BCUT2D eigenvalue weighted by Gasteiger charge is -2.10. The molecule has 0 spiro atoms. The van der Waals surface area contributed by atoms with E-state index in [-0.39, 0.29) is 43.9 Å². The number of aromatic amines is 1. The van der Waals surface area contributed by atoms with Gasteiger partial charge in [-0.3, -0.25) is 14.7 Å². The van der Waals surface area contributed by atoms with Crippen molar-refractivity contribution in [1.29, 1.82) is 0 Å². The predicted octanol–water partition coefficient (Wildman–Crippen LogP) is 8.56. The average molecular weight is 877 g/mol. The minimum absolute atomic E-state index is 0.104. The molecule has 16 heteroatoms. The third-order valence-electron chi connectivity index (χ3n) is 9.46. The summed E-state index contributed by atoms with van der Waals surface area (Å²) >= 11 is 7.44. The zero-order valence-electron chi connectivity index (χ0n) is 32.2. The monoisotopic (exact) mass is 876 g/mol. The Morgan fingerprint density at radius 2 is 1.28 bits per heavy atom. The molecular weight excluding hydrogens is 840 g/mol. The van der Waals surface area contributed by atoms with Crippen molar-refractivity contribution in [3.63, 3.8) is 0 Å². The van der Waals surface area contributed by atoms with Crippen molar-refractivity contribution in [2.75, 3.05) is 0 Å². The fourth-order valence-electron chi connectivity index (χ4n) is 6.06. The molecule has 60 heavy (non-hydrogen) atoms. The molecule has 8 rings (SSSR count). The SMILES string of the molecule is CC(C)c1cccc(S(=O)(=O)c2ccc(CNC(=O)c3cnc4[nH]ncc4c3)cc2)c1.O=C(NCc1ccc2ncsc2c1)c1ccc(S(=O)(=O)c2cccc(Cl)c2)cc1. The summed E-state index contributed by atoms with van der Waals surface area (Å²) in [5.74, 6) is -0.301. The molecule has 0 fully saturated rings. The predicted molar refractivity (Wildman–Crippen MR) is 232 cm³/mol. The standard InChI is InChI=1S/C23H22N4O3S.C21H15ClN2O3S2/c1-15(2)17-4-3-5-21(11-17)31(29,30)20-8-6-16(7-9-20)12-25-23(28)19-10-18-14-26-27-22(18)24-13-19;22-16-2-1-3-18(11-16)29(26,27)17-7-5-15(6-8-17)21(25)23-12-14-4-9-19-20(10-14)28-13-24-19/h3-11,13-15H,12H2,1-2H3,(H,25,28)(H,24,26,27);1-11,13H,12H2,(H,23,25). The Morgan fingerprint density at radius 1 is 0.667 bits per heavy atom. The molecule has 3 aromatic heterocycles. The number of carbonyl (C=O) groups is 2. The smallest absolute Gasteiger partial charge is 0.253 e. The lowest BCUT2D eigenvalue weighted by molar-refractivity contribution is 0.0942. The number of nitrogens with one attached hydrogen (secondary N) is 3. The molecule has 8 aromatic rings. The molecule has 0 unspecified atom stereocenters. The van der Waals surface area contributed by atoms with Crippen molar-refractivity contribution in [3.05, 3.63) is 172 Å². The summed E-state index contributed by atoms with van der Waals surface area (Å²) in [6.07, 6.45) is 3.09. The number of sulfone groups is 2. The first-order valence-corrected chi connectivity index (χ1v) is 22.7. The van der Waals surface area contributed by atoms with Gasteiger partial charge in [-0.1, -0.05) is 61.8 Å². The number of nitrogens with zero attached hydrogens (tertiary/aromatic N) is 3. The lowest BCUT2D eigenvalue weighted by atomic mass is 10.0. The Kier molecular flexibility index (Phi) is 12.5.